The number of aromatic carboxylic acids is 1. The van der Waals surface area contributed by atoms with Gasteiger partial charge in [-0.2, -0.15) is 0 Å². The molecule has 1 aliphatic rings. The van der Waals surface area contributed by atoms with Gasteiger partial charge >= 0.3 is 5.97 Å². The van der Waals surface area contributed by atoms with Gasteiger partial charge < -0.3 is 10.0 Å². The first-order valence-corrected chi connectivity index (χ1v) is 6.32. The van der Waals surface area contributed by atoms with Crippen LogP contribution in [0.25, 0.3) is 0 Å². The Morgan fingerprint density at radius 3 is 2.78 bits per heavy atom. The summed E-state index contributed by atoms with van der Waals surface area (Å²) in [5.74, 6) is -0.317. The Morgan fingerprint density at radius 1 is 1.50 bits per heavy atom. The van der Waals surface area contributed by atoms with Crippen molar-refractivity contribution in [3.63, 3.8) is 0 Å². The number of carboxylic acids is 1. The minimum Gasteiger partial charge on any atom is -0.477 e. The molecule has 0 aromatic carbocycles. The van der Waals surface area contributed by atoms with Gasteiger partial charge in [-0.25, -0.2) is 9.78 Å². The van der Waals surface area contributed by atoms with Crippen molar-refractivity contribution in [3.05, 3.63) is 24.0 Å². The lowest BCUT2D eigenvalue weighted by Crippen LogP contribution is -2.26. The minimum absolute atomic E-state index is 0.117. The van der Waals surface area contributed by atoms with Crippen LogP contribution in [-0.4, -0.2) is 29.1 Å². The van der Waals surface area contributed by atoms with E-state index < -0.39 is 5.97 Å². The summed E-state index contributed by atoms with van der Waals surface area (Å²) in [5.41, 5.74) is 1.39. The van der Waals surface area contributed by atoms with Gasteiger partial charge in [0.1, 0.15) is 5.69 Å². The van der Waals surface area contributed by atoms with E-state index >= 15 is 0 Å². The fourth-order valence-electron chi connectivity index (χ4n) is 2.43. The van der Waals surface area contributed by atoms with E-state index in [-0.39, 0.29) is 5.69 Å². The lowest BCUT2D eigenvalue weighted by atomic mass is 9.80. The highest BCUT2D eigenvalue weighted by molar-refractivity contribution is 5.86. The third-order valence-electron chi connectivity index (χ3n) is 3.74. The predicted octanol–water partition coefficient (Wildman–Crippen LogP) is 2.65. The van der Waals surface area contributed by atoms with Crippen LogP contribution >= 0.6 is 0 Å². The number of nitrogens with zero attached hydrogens (tertiary/aromatic N) is 2. The average molecular weight is 248 g/mol. The first-order chi connectivity index (χ1) is 8.38. The molecule has 0 amide bonds. The van der Waals surface area contributed by atoms with E-state index in [2.05, 4.69) is 30.7 Å². The average Bonchev–Trinajstić information content (AvgIpc) is 2.78. The van der Waals surface area contributed by atoms with Gasteiger partial charge in [0, 0.05) is 25.0 Å². The minimum atomic E-state index is -0.969. The van der Waals surface area contributed by atoms with Crippen molar-refractivity contribution in [1.29, 1.82) is 0 Å². The molecule has 1 unspecified atom stereocenters. The van der Waals surface area contributed by atoms with Crippen LogP contribution < -0.4 is 4.90 Å². The largest absolute Gasteiger partial charge is 0.477 e. The molecule has 1 fully saturated rings. The molecule has 0 bridgehead atoms. The quantitative estimate of drug-likeness (QED) is 0.874. The van der Waals surface area contributed by atoms with Crippen LogP contribution in [0.4, 0.5) is 5.69 Å². The van der Waals surface area contributed by atoms with E-state index in [1.807, 2.05) is 6.07 Å². The van der Waals surface area contributed by atoms with Crippen molar-refractivity contribution in [2.45, 2.75) is 27.2 Å². The fourth-order valence-corrected chi connectivity index (χ4v) is 2.43. The molecular weight excluding hydrogens is 228 g/mol. The zero-order valence-corrected chi connectivity index (χ0v) is 11.2. The lowest BCUT2D eigenvalue weighted by molar-refractivity contribution is 0.0690. The van der Waals surface area contributed by atoms with Crippen LogP contribution in [0.1, 0.15) is 37.7 Å². The number of aromatic nitrogens is 1. The van der Waals surface area contributed by atoms with E-state index in [1.165, 1.54) is 0 Å². The van der Waals surface area contributed by atoms with Crippen LogP contribution in [0.3, 0.4) is 0 Å². The molecule has 1 saturated heterocycles. The van der Waals surface area contributed by atoms with Gasteiger partial charge in [0.05, 0.1) is 0 Å². The smallest absolute Gasteiger partial charge is 0.354 e. The summed E-state index contributed by atoms with van der Waals surface area (Å²) in [6.07, 6.45) is 2.73. The summed E-state index contributed by atoms with van der Waals surface area (Å²) in [7, 11) is 0. The molecule has 1 atom stereocenters. The van der Waals surface area contributed by atoms with Crippen LogP contribution in [0, 0.1) is 11.3 Å². The summed E-state index contributed by atoms with van der Waals surface area (Å²) in [5, 5.41) is 8.95. The highest BCUT2D eigenvalue weighted by Crippen LogP contribution is 2.35. The Balaban J connectivity index is 2.14. The molecular formula is C14H20N2O2. The molecule has 1 aromatic rings. The molecule has 0 radical (unpaired) electrons. The Hall–Kier alpha value is -1.58. The molecule has 4 nitrogen and oxygen atoms in total. The van der Waals surface area contributed by atoms with Gasteiger partial charge in [-0.15, -0.1) is 0 Å². The summed E-state index contributed by atoms with van der Waals surface area (Å²) >= 11 is 0. The van der Waals surface area contributed by atoms with Gasteiger partial charge in [0.15, 0.2) is 0 Å². The van der Waals surface area contributed by atoms with Gasteiger partial charge in [0.25, 0.3) is 0 Å². The predicted molar refractivity (Wildman–Crippen MR) is 71.0 cm³/mol. The van der Waals surface area contributed by atoms with Crippen molar-refractivity contribution in [1.82, 2.24) is 4.98 Å². The number of rotatable bonds is 2. The van der Waals surface area contributed by atoms with Gasteiger partial charge in [-0.3, -0.25) is 0 Å². The topological polar surface area (TPSA) is 53.4 Å². The second-order valence-corrected chi connectivity index (χ2v) is 6.00. The Bertz CT molecular complexity index is 451. The third-order valence-corrected chi connectivity index (χ3v) is 3.74. The second-order valence-electron chi connectivity index (χ2n) is 6.00. The molecule has 1 aliphatic heterocycles. The first kappa shape index (κ1) is 12.9. The molecule has 2 heterocycles. The zero-order chi connectivity index (χ0) is 13.3. The van der Waals surface area contributed by atoms with E-state index in [4.69, 9.17) is 5.11 Å². The molecule has 0 aliphatic carbocycles. The van der Waals surface area contributed by atoms with Gasteiger partial charge in [-0.05, 0) is 29.9 Å². The van der Waals surface area contributed by atoms with Crippen LogP contribution in [0.5, 0.6) is 0 Å². The number of anilines is 1. The molecule has 4 heteroatoms. The van der Waals surface area contributed by atoms with E-state index in [0.717, 1.165) is 25.2 Å². The van der Waals surface area contributed by atoms with Crippen molar-refractivity contribution in [3.8, 4) is 0 Å². The Kier molecular flexibility index (Phi) is 3.28. The van der Waals surface area contributed by atoms with Crippen molar-refractivity contribution < 1.29 is 9.90 Å². The van der Waals surface area contributed by atoms with Crippen LogP contribution in [0.2, 0.25) is 0 Å². The zero-order valence-electron chi connectivity index (χ0n) is 11.2. The maximum absolute atomic E-state index is 10.9. The normalized spacial score (nSPS) is 20.2. The SMILES string of the molecule is CC(C)(C)C1CCN(c2ccnc(C(=O)O)c2)C1. The maximum Gasteiger partial charge on any atom is 0.354 e. The molecule has 1 aromatic heterocycles. The maximum atomic E-state index is 10.9. The van der Waals surface area contributed by atoms with Gasteiger partial charge in [-0.1, -0.05) is 20.8 Å². The molecule has 1 N–H and O–H groups in total. The summed E-state index contributed by atoms with van der Waals surface area (Å²) in [6, 6.07) is 3.55. The summed E-state index contributed by atoms with van der Waals surface area (Å²) in [6.45, 7) is 8.76. The highest BCUT2D eigenvalue weighted by Gasteiger charge is 2.31. The Morgan fingerprint density at radius 2 is 2.22 bits per heavy atom. The summed E-state index contributed by atoms with van der Waals surface area (Å²) < 4.78 is 0. The Labute approximate surface area is 108 Å². The van der Waals surface area contributed by atoms with Crippen molar-refractivity contribution in [2.75, 3.05) is 18.0 Å². The van der Waals surface area contributed by atoms with Gasteiger partial charge in [0.2, 0.25) is 0 Å². The van der Waals surface area contributed by atoms with E-state index in [1.54, 1.807) is 12.3 Å². The van der Waals surface area contributed by atoms with Crippen LogP contribution in [0.15, 0.2) is 18.3 Å². The van der Waals surface area contributed by atoms with E-state index in [9.17, 15) is 4.79 Å². The monoisotopic (exact) mass is 248 g/mol. The van der Waals surface area contributed by atoms with Crippen molar-refractivity contribution in [2.24, 2.45) is 11.3 Å². The first-order valence-electron chi connectivity index (χ1n) is 6.32. The number of carbonyl (C=O) groups is 1. The molecule has 98 valence electrons. The number of pyridine rings is 1. The number of hydrogen-bond acceptors (Lipinski definition) is 3. The standard InChI is InChI=1S/C14H20N2O2/c1-14(2,3)10-5-7-16(9-10)11-4-6-15-12(8-11)13(17)18/h4,6,8,10H,5,7,9H2,1-3H3,(H,17,18). The fraction of sp³-hybridized carbons (Fsp3) is 0.571. The highest BCUT2D eigenvalue weighted by atomic mass is 16.4. The summed E-state index contributed by atoms with van der Waals surface area (Å²) in [4.78, 5) is 17.0. The molecule has 0 spiro atoms. The van der Waals surface area contributed by atoms with Crippen molar-refractivity contribution >= 4 is 11.7 Å². The number of hydrogen-bond donors (Lipinski definition) is 1. The third kappa shape index (κ3) is 2.63. The second kappa shape index (κ2) is 4.59. The van der Waals surface area contributed by atoms with E-state index in [0.29, 0.717) is 11.3 Å². The van der Waals surface area contributed by atoms with Crippen LogP contribution in [-0.2, 0) is 0 Å². The number of carboxylic acid groups (broad SMARTS) is 1. The molecule has 18 heavy (non-hydrogen) atoms. The molecule has 2 rings (SSSR count). The molecule has 0 saturated carbocycles. The lowest BCUT2D eigenvalue weighted by Gasteiger charge is -2.27.